The van der Waals surface area contributed by atoms with E-state index in [0.29, 0.717) is 0 Å². The lowest BCUT2D eigenvalue weighted by Crippen LogP contribution is -2.27. The van der Waals surface area contributed by atoms with E-state index < -0.39 is 11.7 Å². The highest BCUT2D eigenvalue weighted by Gasteiger charge is 2.19. The first kappa shape index (κ1) is 15.6. The largest absolute Gasteiger partial charge is 0.444 e. The molecule has 4 heteroatoms. The van der Waals surface area contributed by atoms with Gasteiger partial charge in [-0.2, -0.15) is 0 Å². The standard InChI is InChI=1S/C17H21NO2S/c1-11-7-6-8-13(9-11)15-12(2)21-10-14(15)18-16(19)20-17(3,4)5/h6-10H,1-5H3,(H,18,19). The van der Waals surface area contributed by atoms with E-state index in [9.17, 15) is 4.79 Å². The summed E-state index contributed by atoms with van der Waals surface area (Å²) >= 11 is 1.62. The van der Waals surface area contributed by atoms with Crippen molar-refractivity contribution in [2.24, 2.45) is 0 Å². The SMILES string of the molecule is Cc1cccc(-c2c(NC(=O)OC(C)(C)C)csc2C)c1. The topological polar surface area (TPSA) is 38.3 Å². The Kier molecular flexibility index (Phi) is 4.37. The minimum atomic E-state index is -0.501. The number of anilines is 1. The summed E-state index contributed by atoms with van der Waals surface area (Å²) in [5.74, 6) is 0. The quantitative estimate of drug-likeness (QED) is 0.809. The van der Waals surface area contributed by atoms with Gasteiger partial charge in [0.25, 0.3) is 0 Å². The van der Waals surface area contributed by atoms with Crippen LogP contribution in [0.15, 0.2) is 29.6 Å². The van der Waals surface area contributed by atoms with Crippen LogP contribution in [-0.2, 0) is 4.74 Å². The van der Waals surface area contributed by atoms with Crippen molar-refractivity contribution in [3.05, 3.63) is 40.1 Å². The van der Waals surface area contributed by atoms with Crippen LogP contribution in [0.4, 0.5) is 10.5 Å². The second-order valence-electron chi connectivity index (χ2n) is 6.08. The normalized spacial score (nSPS) is 11.3. The summed E-state index contributed by atoms with van der Waals surface area (Å²) in [6, 6.07) is 8.27. The van der Waals surface area contributed by atoms with E-state index in [-0.39, 0.29) is 0 Å². The van der Waals surface area contributed by atoms with Gasteiger partial charge in [-0.25, -0.2) is 4.79 Å². The molecule has 2 rings (SSSR count). The molecule has 1 heterocycles. The Bertz CT molecular complexity index is 653. The van der Waals surface area contributed by atoms with Crippen LogP contribution >= 0.6 is 11.3 Å². The number of hydrogen-bond acceptors (Lipinski definition) is 3. The molecule has 0 aliphatic carbocycles. The zero-order chi connectivity index (χ0) is 15.6. The van der Waals surface area contributed by atoms with Crippen molar-refractivity contribution in [2.45, 2.75) is 40.2 Å². The predicted octanol–water partition coefficient (Wildman–Crippen LogP) is 5.38. The Morgan fingerprint density at radius 3 is 2.57 bits per heavy atom. The number of nitrogens with one attached hydrogen (secondary N) is 1. The monoisotopic (exact) mass is 303 g/mol. The molecule has 0 unspecified atom stereocenters. The smallest absolute Gasteiger partial charge is 0.412 e. The van der Waals surface area contributed by atoms with Crippen LogP contribution in [0, 0.1) is 13.8 Å². The maximum atomic E-state index is 12.0. The molecule has 0 saturated carbocycles. The Morgan fingerprint density at radius 1 is 1.24 bits per heavy atom. The molecule has 0 atom stereocenters. The van der Waals surface area contributed by atoms with Gasteiger partial charge >= 0.3 is 6.09 Å². The second kappa shape index (κ2) is 5.90. The molecule has 0 fully saturated rings. The van der Waals surface area contributed by atoms with E-state index >= 15 is 0 Å². The Labute approximate surface area is 130 Å². The fraction of sp³-hybridized carbons (Fsp3) is 0.353. The number of aryl methyl sites for hydroxylation is 2. The van der Waals surface area contributed by atoms with Gasteiger partial charge in [0.15, 0.2) is 0 Å². The minimum Gasteiger partial charge on any atom is -0.444 e. The van der Waals surface area contributed by atoms with Crippen LogP contribution < -0.4 is 5.32 Å². The molecular formula is C17H21NO2S. The van der Waals surface area contributed by atoms with Gasteiger partial charge in [-0.1, -0.05) is 29.8 Å². The lowest BCUT2D eigenvalue weighted by Gasteiger charge is -2.20. The lowest BCUT2D eigenvalue weighted by atomic mass is 10.0. The van der Waals surface area contributed by atoms with E-state index in [0.717, 1.165) is 16.8 Å². The summed E-state index contributed by atoms with van der Waals surface area (Å²) in [4.78, 5) is 13.1. The first-order chi connectivity index (χ1) is 9.76. The van der Waals surface area contributed by atoms with Crippen molar-refractivity contribution >= 4 is 23.1 Å². The van der Waals surface area contributed by atoms with Crippen molar-refractivity contribution in [3.8, 4) is 11.1 Å². The van der Waals surface area contributed by atoms with Crippen LogP contribution in [0.2, 0.25) is 0 Å². The van der Waals surface area contributed by atoms with E-state index in [2.05, 4.69) is 37.4 Å². The van der Waals surface area contributed by atoms with Gasteiger partial charge in [0.2, 0.25) is 0 Å². The van der Waals surface area contributed by atoms with Gasteiger partial charge in [-0.05, 0) is 40.2 Å². The van der Waals surface area contributed by atoms with Crippen LogP contribution in [0.3, 0.4) is 0 Å². The second-order valence-corrected chi connectivity index (χ2v) is 7.16. The molecule has 1 amide bonds. The van der Waals surface area contributed by atoms with Crippen molar-refractivity contribution in [1.82, 2.24) is 0 Å². The average Bonchev–Trinajstić information content (AvgIpc) is 2.67. The number of amides is 1. The molecule has 1 aromatic carbocycles. The summed E-state index contributed by atoms with van der Waals surface area (Å²) in [6.45, 7) is 9.68. The number of carbonyl (C=O) groups is 1. The number of rotatable bonds is 2. The molecule has 0 spiro atoms. The summed E-state index contributed by atoms with van der Waals surface area (Å²) < 4.78 is 5.32. The summed E-state index contributed by atoms with van der Waals surface area (Å²) in [7, 11) is 0. The maximum Gasteiger partial charge on any atom is 0.412 e. The van der Waals surface area contributed by atoms with E-state index in [4.69, 9.17) is 4.74 Å². The average molecular weight is 303 g/mol. The molecule has 0 saturated heterocycles. The van der Waals surface area contributed by atoms with Gasteiger partial charge in [0.05, 0.1) is 5.69 Å². The maximum absolute atomic E-state index is 12.0. The predicted molar refractivity (Wildman–Crippen MR) is 89.1 cm³/mol. The zero-order valence-electron chi connectivity index (χ0n) is 13.1. The molecule has 0 aliphatic rings. The number of benzene rings is 1. The Morgan fingerprint density at radius 2 is 1.95 bits per heavy atom. The highest BCUT2D eigenvalue weighted by atomic mass is 32.1. The van der Waals surface area contributed by atoms with E-state index in [1.807, 2.05) is 32.2 Å². The molecule has 0 aliphatic heterocycles. The van der Waals surface area contributed by atoms with Crippen LogP contribution in [0.25, 0.3) is 11.1 Å². The van der Waals surface area contributed by atoms with Gasteiger partial charge in [-0.15, -0.1) is 11.3 Å². The van der Waals surface area contributed by atoms with Gasteiger partial charge in [-0.3, -0.25) is 5.32 Å². The summed E-state index contributed by atoms with van der Waals surface area (Å²) in [6.07, 6.45) is -0.422. The molecule has 2 aromatic rings. The van der Waals surface area contributed by atoms with Crippen molar-refractivity contribution < 1.29 is 9.53 Å². The number of ether oxygens (including phenoxy) is 1. The number of hydrogen-bond donors (Lipinski definition) is 1. The fourth-order valence-corrected chi connectivity index (χ4v) is 2.94. The lowest BCUT2D eigenvalue weighted by molar-refractivity contribution is 0.0636. The van der Waals surface area contributed by atoms with Crippen molar-refractivity contribution in [3.63, 3.8) is 0 Å². The highest BCUT2D eigenvalue weighted by Crippen LogP contribution is 2.36. The Balaban J connectivity index is 2.29. The minimum absolute atomic E-state index is 0.422. The summed E-state index contributed by atoms with van der Waals surface area (Å²) in [5, 5.41) is 4.81. The fourth-order valence-electron chi connectivity index (χ4n) is 2.12. The number of thiophene rings is 1. The third kappa shape index (κ3) is 4.08. The third-order valence-corrected chi connectivity index (χ3v) is 3.83. The first-order valence-corrected chi connectivity index (χ1v) is 7.79. The molecule has 1 N–H and O–H groups in total. The molecule has 21 heavy (non-hydrogen) atoms. The van der Waals surface area contributed by atoms with Gasteiger partial charge < -0.3 is 4.74 Å². The third-order valence-electron chi connectivity index (χ3n) is 2.92. The molecule has 112 valence electrons. The zero-order valence-corrected chi connectivity index (χ0v) is 13.9. The molecule has 0 radical (unpaired) electrons. The van der Waals surface area contributed by atoms with Crippen molar-refractivity contribution in [2.75, 3.05) is 5.32 Å². The van der Waals surface area contributed by atoms with E-state index in [1.165, 1.54) is 10.4 Å². The number of carbonyl (C=O) groups excluding carboxylic acids is 1. The molecule has 3 nitrogen and oxygen atoms in total. The van der Waals surface area contributed by atoms with Crippen molar-refractivity contribution in [1.29, 1.82) is 0 Å². The Hall–Kier alpha value is -1.81. The molecule has 0 bridgehead atoms. The summed E-state index contributed by atoms with van der Waals surface area (Å²) in [5.41, 5.74) is 3.67. The van der Waals surface area contributed by atoms with E-state index in [1.54, 1.807) is 11.3 Å². The van der Waals surface area contributed by atoms with Gasteiger partial charge in [0, 0.05) is 15.8 Å². The molecular weight excluding hydrogens is 282 g/mol. The highest BCUT2D eigenvalue weighted by molar-refractivity contribution is 7.11. The van der Waals surface area contributed by atoms with Crippen LogP contribution in [-0.4, -0.2) is 11.7 Å². The first-order valence-electron chi connectivity index (χ1n) is 6.91. The van der Waals surface area contributed by atoms with Gasteiger partial charge in [0.1, 0.15) is 5.60 Å². The van der Waals surface area contributed by atoms with Crippen LogP contribution in [0.1, 0.15) is 31.2 Å². The molecule has 1 aromatic heterocycles. The van der Waals surface area contributed by atoms with Crippen LogP contribution in [0.5, 0.6) is 0 Å².